The molecular formula is C17H15N5O3. The number of amides is 1. The van der Waals surface area contributed by atoms with Gasteiger partial charge in [-0.1, -0.05) is 41.6 Å². The molecule has 25 heavy (non-hydrogen) atoms. The zero-order valence-electron chi connectivity index (χ0n) is 13.3. The molecule has 0 saturated carbocycles. The van der Waals surface area contributed by atoms with Gasteiger partial charge in [0.1, 0.15) is 12.2 Å². The van der Waals surface area contributed by atoms with E-state index in [9.17, 15) is 9.59 Å². The molecule has 126 valence electrons. The molecule has 8 heteroatoms. The highest BCUT2D eigenvalue weighted by molar-refractivity contribution is 5.92. The molecule has 1 aromatic carbocycles. The van der Waals surface area contributed by atoms with Crippen LogP contribution in [0, 0.1) is 0 Å². The second-order valence-corrected chi connectivity index (χ2v) is 5.15. The molecule has 0 spiro atoms. The molecule has 0 unspecified atom stereocenters. The third-order valence-corrected chi connectivity index (χ3v) is 3.35. The molecule has 3 aromatic rings. The second-order valence-electron chi connectivity index (χ2n) is 5.15. The first-order chi connectivity index (χ1) is 12.2. The summed E-state index contributed by atoms with van der Waals surface area (Å²) in [6.45, 7) is 4.02. The highest BCUT2D eigenvalue weighted by Crippen LogP contribution is 2.16. The lowest BCUT2D eigenvalue weighted by atomic mass is 10.2. The van der Waals surface area contributed by atoms with Gasteiger partial charge in [-0.2, -0.15) is 4.98 Å². The van der Waals surface area contributed by atoms with Gasteiger partial charge >= 0.3 is 0 Å². The minimum absolute atomic E-state index is 0.103. The largest absolute Gasteiger partial charge is 0.337 e. The average Bonchev–Trinajstić information content (AvgIpc) is 3.11. The molecule has 0 aliphatic carbocycles. The van der Waals surface area contributed by atoms with E-state index in [-0.39, 0.29) is 30.2 Å². The van der Waals surface area contributed by atoms with Crippen LogP contribution < -0.4 is 5.56 Å². The van der Waals surface area contributed by atoms with Gasteiger partial charge in [-0.3, -0.25) is 9.59 Å². The van der Waals surface area contributed by atoms with Crippen LogP contribution in [0.3, 0.4) is 0 Å². The Bertz CT molecular complexity index is 912. The van der Waals surface area contributed by atoms with Crippen LogP contribution in [0.1, 0.15) is 16.4 Å². The summed E-state index contributed by atoms with van der Waals surface area (Å²) in [5.41, 5.74) is 0.557. The first-order valence-corrected chi connectivity index (χ1v) is 7.50. The number of hydrogen-bond donors (Lipinski definition) is 1. The Balaban J connectivity index is 1.79. The molecule has 3 rings (SSSR count). The summed E-state index contributed by atoms with van der Waals surface area (Å²) in [4.78, 5) is 35.6. The van der Waals surface area contributed by atoms with Crippen molar-refractivity contribution in [2.45, 2.75) is 6.54 Å². The molecule has 0 fully saturated rings. The lowest BCUT2D eigenvalue weighted by Crippen LogP contribution is -2.32. The quantitative estimate of drug-likeness (QED) is 0.686. The van der Waals surface area contributed by atoms with E-state index in [4.69, 9.17) is 4.52 Å². The number of aromatic amines is 1. The number of benzene rings is 1. The summed E-state index contributed by atoms with van der Waals surface area (Å²) < 4.78 is 5.23. The molecule has 0 radical (unpaired) electrons. The van der Waals surface area contributed by atoms with Crippen LogP contribution in [-0.2, 0) is 6.54 Å². The van der Waals surface area contributed by atoms with Crippen LogP contribution in [0.25, 0.3) is 11.4 Å². The highest BCUT2D eigenvalue weighted by Gasteiger charge is 2.19. The van der Waals surface area contributed by atoms with Crippen LogP contribution >= 0.6 is 0 Å². The van der Waals surface area contributed by atoms with E-state index in [1.54, 1.807) is 6.08 Å². The van der Waals surface area contributed by atoms with Gasteiger partial charge in [0.2, 0.25) is 11.7 Å². The molecule has 2 heterocycles. The number of aromatic nitrogens is 4. The van der Waals surface area contributed by atoms with Crippen molar-refractivity contribution in [2.24, 2.45) is 0 Å². The normalized spacial score (nSPS) is 10.4. The van der Waals surface area contributed by atoms with Gasteiger partial charge in [0, 0.05) is 18.3 Å². The number of hydrogen-bond acceptors (Lipinski definition) is 6. The van der Waals surface area contributed by atoms with Crippen molar-refractivity contribution < 1.29 is 9.32 Å². The Labute approximate surface area is 142 Å². The maximum atomic E-state index is 12.5. The van der Waals surface area contributed by atoms with Crippen molar-refractivity contribution >= 4 is 5.91 Å². The molecular weight excluding hydrogens is 322 g/mol. The van der Waals surface area contributed by atoms with E-state index in [2.05, 4.69) is 26.7 Å². The zero-order valence-corrected chi connectivity index (χ0v) is 13.3. The molecule has 0 aliphatic rings. The van der Waals surface area contributed by atoms with Crippen LogP contribution in [0.15, 0.2) is 64.7 Å². The van der Waals surface area contributed by atoms with Crippen molar-refractivity contribution in [1.82, 2.24) is 25.0 Å². The summed E-state index contributed by atoms with van der Waals surface area (Å²) >= 11 is 0. The Morgan fingerprint density at radius 3 is 2.80 bits per heavy atom. The van der Waals surface area contributed by atoms with Crippen molar-refractivity contribution in [3.05, 3.63) is 77.3 Å². The van der Waals surface area contributed by atoms with E-state index in [1.165, 1.54) is 11.1 Å². The van der Waals surface area contributed by atoms with E-state index in [1.807, 2.05) is 30.3 Å². The maximum absolute atomic E-state index is 12.5. The zero-order chi connectivity index (χ0) is 17.6. The predicted octanol–water partition coefficient (Wildman–Crippen LogP) is 1.65. The molecule has 0 bridgehead atoms. The summed E-state index contributed by atoms with van der Waals surface area (Å²) in [7, 11) is 0. The Hall–Kier alpha value is -3.55. The predicted molar refractivity (Wildman–Crippen MR) is 89.5 cm³/mol. The van der Waals surface area contributed by atoms with Gasteiger partial charge in [0.25, 0.3) is 11.5 Å². The standard InChI is InChI=1S/C17H15N5O3/c1-2-8-22(17(24)13-9-19-14(23)10-18-13)11-15-20-16(21-25-15)12-6-4-3-5-7-12/h2-7,9-10H,1,8,11H2,(H,19,23). The fraction of sp³-hybridized carbons (Fsp3) is 0.118. The number of nitrogens with one attached hydrogen (secondary N) is 1. The maximum Gasteiger partial charge on any atom is 0.274 e. The lowest BCUT2D eigenvalue weighted by Gasteiger charge is -2.18. The molecule has 8 nitrogen and oxygen atoms in total. The average molecular weight is 337 g/mol. The Morgan fingerprint density at radius 2 is 2.12 bits per heavy atom. The van der Waals surface area contributed by atoms with Crippen LogP contribution in [0.5, 0.6) is 0 Å². The monoisotopic (exact) mass is 337 g/mol. The van der Waals surface area contributed by atoms with Gasteiger partial charge in [-0.05, 0) is 0 Å². The number of rotatable bonds is 6. The van der Waals surface area contributed by atoms with Crippen molar-refractivity contribution in [3.63, 3.8) is 0 Å². The van der Waals surface area contributed by atoms with E-state index >= 15 is 0 Å². The van der Waals surface area contributed by atoms with Gasteiger partial charge in [-0.25, -0.2) is 4.98 Å². The molecule has 1 N–H and O–H groups in total. The topological polar surface area (TPSA) is 105 Å². The summed E-state index contributed by atoms with van der Waals surface area (Å²) in [5, 5.41) is 3.93. The number of H-pyrrole nitrogens is 1. The lowest BCUT2D eigenvalue weighted by molar-refractivity contribution is 0.0739. The molecule has 0 aliphatic heterocycles. The second kappa shape index (κ2) is 7.35. The first kappa shape index (κ1) is 16.3. The molecule has 0 saturated heterocycles. The van der Waals surface area contributed by atoms with Crippen molar-refractivity contribution in [1.29, 1.82) is 0 Å². The molecule has 2 aromatic heterocycles. The van der Waals surface area contributed by atoms with Gasteiger partial charge < -0.3 is 14.4 Å². The fourth-order valence-electron chi connectivity index (χ4n) is 2.18. The van der Waals surface area contributed by atoms with Gasteiger partial charge in [-0.15, -0.1) is 6.58 Å². The molecule has 0 atom stereocenters. The molecule has 1 amide bonds. The van der Waals surface area contributed by atoms with Crippen molar-refractivity contribution in [3.8, 4) is 11.4 Å². The smallest absolute Gasteiger partial charge is 0.274 e. The van der Waals surface area contributed by atoms with E-state index in [0.29, 0.717) is 11.7 Å². The number of carbonyl (C=O) groups excluding carboxylic acids is 1. The van der Waals surface area contributed by atoms with Gasteiger partial charge in [0.15, 0.2) is 0 Å². The summed E-state index contributed by atoms with van der Waals surface area (Å²) in [5.74, 6) is 0.359. The van der Waals surface area contributed by atoms with E-state index < -0.39 is 0 Å². The first-order valence-electron chi connectivity index (χ1n) is 7.50. The third-order valence-electron chi connectivity index (χ3n) is 3.35. The SMILES string of the molecule is C=CCN(Cc1nc(-c2ccccc2)no1)C(=O)c1c[nH]c(=O)cn1. The minimum Gasteiger partial charge on any atom is -0.337 e. The summed E-state index contributed by atoms with van der Waals surface area (Å²) in [6, 6.07) is 9.38. The van der Waals surface area contributed by atoms with E-state index in [0.717, 1.165) is 11.8 Å². The van der Waals surface area contributed by atoms with Crippen LogP contribution in [-0.4, -0.2) is 37.5 Å². The number of carbonyl (C=O) groups is 1. The van der Waals surface area contributed by atoms with Crippen LogP contribution in [0.2, 0.25) is 0 Å². The number of nitrogens with zero attached hydrogens (tertiary/aromatic N) is 4. The van der Waals surface area contributed by atoms with Gasteiger partial charge in [0.05, 0.1) is 6.20 Å². The minimum atomic E-state index is -0.379. The Kier molecular flexibility index (Phi) is 4.79. The van der Waals surface area contributed by atoms with Crippen LogP contribution in [0.4, 0.5) is 0 Å². The highest BCUT2D eigenvalue weighted by atomic mass is 16.5. The summed E-state index contributed by atoms with van der Waals surface area (Å²) in [6.07, 6.45) is 3.90. The van der Waals surface area contributed by atoms with Crippen molar-refractivity contribution in [2.75, 3.05) is 6.54 Å². The third kappa shape index (κ3) is 3.86. The Morgan fingerprint density at radius 1 is 1.32 bits per heavy atom. The fourth-order valence-corrected chi connectivity index (χ4v) is 2.18.